The summed E-state index contributed by atoms with van der Waals surface area (Å²) in [7, 11) is 0. The van der Waals surface area contributed by atoms with Gasteiger partial charge in [0.05, 0.1) is 5.57 Å². The van der Waals surface area contributed by atoms with Gasteiger partial charge in [-0.05, 0) is 38.2 Å². The van der Waals surface area contributed by atoms with Gasteiger partial charge in [-0.1, -0.05) is 6.08 Å². The van der Waals surface area contributed by atoms with Crippen LogP contribution < -0.4 is 0 Å². The molecule has 0 saturated heterocycles. The first-order chi connectivity index (χ1) is 10.3. The summed E-state index contributed by atoms with van der Waals surface area (Å²) in [6, 6.07) is 0. The SMILES string of the molecule is CC(=O)OC(CC1=C(C)OC(C)(C)OC1=O)C1=CCCCC1. The van der Waals surface area contributed by atoms with Gasteiger partial charge in [-0.3, -0.25) is 4.79 Å². The summed E-state index contributed by atoms with van der Waals surface area (Å²) in [6.07, 6.45) is 6.11. The van der Waals surface area contributed by atoms with Gasteiger partial charge in [-0.15, -0.1) is 0 Å². The van der Waals surface area contributed by atoms with E-state index in [0.717, 1.165) is 31.3 Å². The minimum atomic E-state index is -0.953. The summed E-state index contributed by atoms with van der Waals surface area (Å²) in [5, 5.41) is 0. The molecule has 0 fully saturated rings. The van der Waals surface area contributed by atoms with Crippen molar-refractivity contribution in [1.82, 2.24) is 0 Å². The average molecular weight is 308 g/mol. The van der Waals surface area contributed by atoms with Gasteiger partial charge < -0.3 is 14.2 Å². The number of esters is 2. The quantitative estimate of drug-likeness (QED) is 0.588. The number of hydrogen-bond donors (Lipinski definition) is 0. The highest BCUT2D eigenvalue weighted by Gasteiger charge is 2.36. The Morgan fingerprint density at radius 3 is 2.64 bits per heavy atom. The van der Waals surface area contributed by atoms with Gasteiger partial charge in [0.1, 0.15) is 11.9 Å². The fraction of sp³-hybridized carbons (Fsp3) is 0.647. The zero-order valence-electron chi connectivity index (χ0n) is 13.7. The van der Waals surface area contributed by atoms with Crippen LogP contribution in [0.1, 0.15) is 59.8 Å². The number of rotatable bonds is 4. The third-order valence-corrected chi connectivity index (χ3v) is 3.85. The van der Waals surface area contributed by atoms with E-state index in [1.807, 2.05) is 0 Å². The molecule has 5 heteroatoms. The molecule has 1 aliphatic carbocycles. The minimum absolute atomic E-state index is 0.298. The van der Waals surface area contributed by atoms with E-state index in [0.29, 0.717) is 17.8 Å². The van der Waals surface area contributed by atoms with Gasteiger partial charge >= 0.3 is 11.9 Å². The van der Waals surface area contributed by atoms with Crippen molar-refractivity contribution in [2.24, 2.45) is 0 Å². The van der Waals surface area contributed by atoms with Gasteiger partial charge in [0, 0.05) is 27.2 Å². The van der Waals surface area contributed by atoms with Crippen molar-refractivity contribution in [3.05, 3.63) is 23.0 Å². The largest absolute Gasteiger partial charge is 0.458 e. The molecule has 5 nitrogen and oxygen atoms in total. The summed E-state index contributed by atoms with van der Waals surface area (Å²) >= 11 is 0. The third-order valence-electron chi connectivity index (χ3n) is 3.85. The van der Waals surface area contributed by atoms with Gasteiger partial charge in [0.2, 0.25) is 5.79 Å². The van der Waals surface area contributed by atoms with Crippen molar-refractivity contribution < 1.29 is 23.8 Å². The topological polar surface area (TPSA) is 61.8 Å². The average Bonchev–Trinajstić information content (AvgIpc) is 2.41. The zero-order valence-corrected chi connectivity index (χ0v) is 13.7. The lowest BCUT2D eigenvalue weighted by Gasteiger charge is -2.33. The standard InChI is InChI=1S/C17H24O5/c1-11-14(16(19)22-17(3,4)21-11)10-15(20-12(2)18)13-8-6-5-7-9-13/h8,15H,5-7,9-10H2,1-4H3. The Labute approximate surface area is 131 Å². The fourth-order valence-electron chi connectivity index (χ4n) is 2.90. The smallest absolute Gasteiger partial charge is 0.340 e. The fourth-order valence-corrected chi connectivity index (χ4v) is 2.90. The monoisotopic (exact) mass is 308 g/mol. The minimum Gasteiger partial charge on any atom is -0.458 e. The Kier molecular flexibility index (Phi) is 4.94. The second-order valence-electron chi connectivity index (χ2n) is 6.25. The first-order valence-electron chi connectivity index (χ1n) is 7.77. The van der Waals surface area contributed by atoms with E-state index >= 15 is 0 Å². The molecule has 0 radical (unpaired) electrons. The van der Waals surface area contributed by atoms with Crippen LogP contribution in [0.2, 0.25) is 0 Å². The number of carbonyl (C=O) groups excluding carboxylic acids is 2. The summed E-state index contributed by atoms with van der Waals surface area (Å²) < 4.78 is 16.3. The van der Waals surface area contributed by atoms with E-state index in [-0.39, 0.29) is 5.97 Å². The van der Waals surface area contributed by atoms with Crippen molar-refractivity contribution in [2.75, 3.05) is 0 Å². The molecule has 0 amide bonds. The maximum Gasteiger partial charge on any atom is 0.340 e. The molecule has 1 aliphatic heterocycles. The van der Waals surface area contributed by atoms with Crippen molar-refractivity contribution >= 4 is 11.9 Å². The number of ether oxygens (including phenoxy) is 3. The summed E-state index contributed by atoms with van der Waals surface area (Å²) in [5.74, 6) is -1.16. The van der Waals surface area contributed by atoms with Crippen molar-refractivity contribution in [3.8, 4) is 0 Å². The maximum atomic E-state index is 12.2. The van der Waals surface area contributed by atoms with E-state index in [1.165, 1.54) is 6.92 Å². The molecule has 2 aliphatic rings. The Hall–Kier alpha value is -1.78. The number of allylic oxidation sites excluding steroid dienone is 2. The van der Waals surface area contributed by atoms with Crippen LogP contribution in [0.3, 0.4) is 0 Å². The van der Waals surface area contributed by atoms with E-state index < -0.39 is 17.9 Å². The number of hydrogen-bond acceptors (Lipinski definition) is 5. The Bertz CT molecular complexity index is 527. The van der Waals surface area contributed by atoms with E-state index in [9.17, 15) is 9.59 Å². The summed E-state index contributed by atoms with van der Waals surface area (Å²) in [5.41, 5.74) is 1.52. The molecule has 0 N–H and O–H groups in total. The molecule has 122 valence electrons. The van der Waals surface area contributed by atoms with E-state index in [2.05, 4.69) is 6.08 Å². The Morgan fingerprint density at radius 1 is 1.36 bits per heavy atom. The lowest BCUT2D eigenvalue weighted by atomic mass is 9.91. The van der Waals surface area contributed by atoms with Gasteiger partial charge in [0.25, 0.3) is 0 Å². The van der Waals surface area contributed by atoms with Crippen LogP contribution in [0, 0.1) is 0 Å². The molecule has 1 atom stereocenters. The first kappa shape index (κ1) is 16.6. The predicted octanol–water partition coefficient (Wildman–Crippen LogP) is 3.39. The Morgan fingerprint density at radius 2 is 2.09 bits per heavy atom. The molecule has 1 heterocycles. The van der Waals surface area contributed by atoms with E-state index in [4.69, 9.17) is 14.2 Å². The normalized spacial score (nSPS) is 22.4. The van der Waals surface area contributed by atoms with Gasteiger partial charge in [0.15, 0.2) is 0 Å². The summed E-state index contributed by atoms with van der Waals surface area (Å²) in [4.78, 5) is 23.6. The van der Waals surface area contributed by atoms with Crippen LogP contribution in [0.4, 0.5) is 0 Å². The van der Waals surface area contributed by atoms with Crippen molar-refractivity contribution in [1.29, 1.82) is 0 Å². The maximum absolute atomic E-state index is 12.2. The van der Waals surface area contributed by atoms with Crippen LogP contribution in [-0.4, -0.2) is 23.8 Å². The molecular weight excluding hydrogens is 284 g/mol. The highest BCUT2D eigenvalue weighted by Crippen LogP contribution is 2.32. The van der Waals surface area contributed by atoms with E-state index in [1.54, 1.807) is 20.8 Å². The van der Waals surface area contributed by atoms with Crippen LogP contribution in [0.15, 0.2) is 23.0 Å². The lowest BCUT2D eigenvalue weighted by Crippen LogP contribution is -2.37. The second-order valence-corrected chi connectivity index (χ2v) is 6.25. The molecular formula is C17H24O5. The van der Waals surface area contributed by atoms with Crippen LogP contribution in [0.5, 0.6) is 0 Å². The summed E-state index contributed by atoms with van der Waals surface area (Å²) in [6.45, 7) is 6.52. The highest BCUT2D eigenvalue weighted by atomic mass is 16.7. The molecule has 22 heavy (non-hydrogen) atoms. The van der Waals surface area contributed by atoms with Crippen molar-refractivity contribution in [3.63, 3.8) is 0 Å². The third kappa shape index (κ3) is 4.12. The molecule has 0 spiro atoms. The van der Waals surface area contributed by atoms with Crippen LogP contribution in [0.25, 0.3) is 0 Å². The van der Waals surface area contributed by atoms with Gasteiger partial charge in [-0.25, -0.2) is 4.79 Å². The van der Waals surface area contributed by atoms with Crippen LogP contribution >= 0.6 is 0 Å². The molecule has 0 aromatic rings. The lowest BCUT2D eigenvalue weighted by molar-refractivity contribution is -0.208. The molecule has 1 unspecified atom stereocenters. The Balaban J connectivity index is 2.21. The zero-order chi connectivity index (χ0) is 16.3. The predicted molar refractivity (Wildman–Crippen MR) is 80.7 cm³/mol. The van der Waals surface area contributed by atoms with Gasteiger partial charge in [-0.2, -0.15) is 0 Å². The van der Waals surface area contributed by atoms with Crippen molar-refractivity contribution in [2.45, 2.75) is 71.7 Å². The van der Waals surface area contributed by atoms with Crippen LogP contribution in [-0.2, 0) is 23.8 Å². The number of cyclic esters (lactones) is 1. The molecule has 0 saturated carbocycles. The highest BCUT2D eigenvalue weighted by molar-refractivity contribution is 5.90. The molecule has 0 aromatic carbocycles. The number of carbonyl (C=O) groups is 2. The molecule has 0 bridgehead atoms. The molecule has 2 rings (SSSR count). The first-order valence-corrected chi connectivity index (χ1v) is 7.77. The molecule has 0 aromatic heterocycles. The second kappa shape index (κ2) is 6.55.